The first-order chi connectivity index (χ1) is 13.0. The number of hydrogen-bond acceptors (Lipinski definition) is 5. The number of oxime groups is 1. The van der Waals surface area contributed by atoms with Crippen LogP contribution in [-0.2, 0) is 22.5 Å². The lowest BCUT2D eigenvalue weighted by molar-refractivity contribution is 0.0994. The molecule has 0 radical (unpaired) electrons. The first kappa shape index (κ1) is 23.7. The largest absolute Gasteiger partial charge is 0.399 e. The molecule has 28 heavy (non-hydrogen) atoms. The number of carbonyl (C=O) groups excluding carboxylic acids is 1. The molecule has 5 nitrogen and oxygen atoms in total. The summed E-state index contributed by atoms with van der Waals surface area (Å²) >= 11 is 0. The first-order valence-electron chi connectivity index (χ1n) is 8.44. The number of nitrogens with two attached hydrogens (primary N) is 1. The lowest BCUT2D eigenvalue weighted by atomic mass is 10.1. The molecular formula is C20H23ClF2N2O3. The second kappa shape index (κ2) is 11.5. The number of carbonyl (C=O) groups is 1. The number of ketones is 1. The molecule has 0 bridgehead atoms. The zero-order valence-electron chi connectivity index (χ0n) is 15.7. The van der Waals surface area contributed by atoms with E-state index in [-0.39, 0.29) is 29.8 Å². The van der Waals surface area contributed by atoms with Crippen molar-refractivity contribution in [3.05, 3.63) is 70.3 Å². The third kappa shape index (κ3) is 5.58. The van der Waals surface area contributed by atoms with Crippen LogP contribution in [0.2, 0.25) is 0 Å². The molecule has 2 aromatic carbocycles. The van der Waals surface area contributed by atoms with Gasteiger partial charge in [0, 0.05) is 17.5 Å². The van der Waals surface area contributed by atoms with Crippen LogP contribution in [-0.4, -0.2) is 25.7 Å². The van der Waals surface area contributed by atoms with Crippen molar-refractivity contribution >= 4 is 23.9 Å². The predicted molar refractivity (Wildman–Crippen MR) is 106 cm³/mol. The van der Waals surface area contributed by atoms with Gasteiger partial charge in [-0.3, -0.25) is 4.79 Å². The number of halogens is 3. The topological polar surface area (TPSA) is 73.9 Å². The highest BCUT2D eigenvalue weighted by molar-refractivity contribution is 6.04. The van der Waals surface area contributed by atoms with E-state index in [0.29, 0.717) is 24.0 Å². The molecule has 0 saturated heterocycles. The maximum atomic E-state index is 13.2. The van der Waals surface area contributed by atoms with E-state index in [1.165, 1.54) is 26.4 Å². The molecule has 152 valence electrons. The Morgan fingerprint density at radius 1 is 0.893 bits per heavy atom. The Bertz CT molecular complexity index is 844. The van der Waals surface area contributed by atoms with Gasteiger partial charge in [-0.1, -0.05) is 29.4 Å². The van der Waals surface area contributed by atoms with Gasteiger partial charge in [0.15, 0.2) is 5.78 Å². The summed E-state index contributed by atoms with van der Waals surface area (Å²) in [7, 11) is 2.91. The number of Topliss-reactive ketones (excluding diaryl/α,β-unsaturated/α-hetero) is 1. The average molecular weight is 413 g/mol. The zero-order chi connectivity index (χ0) is 19.8. The summed E-state index contributed by atoms with van der Waals surface area (Å²) in [6, 6.07) is 9.73. The highest BCUT2D eigenvalue weighted by Gasteiger charge is 2.22. The maximum absolute atomic E-state index is 13.2. The minimum absolute atomic E-state index is 0. The van der Waals surface area contributed by atoms with E-state index in [1.807, 2.05) is 6.07 Å². The van der Waals surface area contributed by atoms with Crippen LogP contribution in [0.3, 0.4) is 0 Å². The summed E-state index contributed by atoms with van der Waals surface area (Å²) in [5.41, 5.74) is 3.67. The van der Waals surface area contributed by atoms with Gasteiger partial charge in [0.05, 0.1) is 12.8 Å². The van der Waals surface area contributed by atoms with Crippen molar-refractivity contribution in [1.82, 2.24) is 0 Å². The summed E-state index contributed by atoms with van der Waals surface area (Å²) in [5, 5.41) is 3.86. The van der Waals surface area contributed by atoms with Crippen molar-refractivity contribution in [1.29, 1.82) is 0 Å². The summed E-state index contributed by atoms with van der Waals surface area (Å²) in [5.74, 6) is 4.03. The van der Waals surface area contributed by atoms with Gasteiger partial charge in [-0.05, 0) is 42.5 Å². The number of nitrogens with zero attached hydrogens (tertiary/aromatic N) is 1. The Morgan fingerprint density at radius 3 is 1.93 bits per heavy atom. The van der Waals surface area contributed by atoms with Crippen LogP contribution in [0, 0.1) is 11.6 Å². The summed E-state index contributed by atoms with van der Waals surface area (Å²) in [6.45, 7) is 0. The molecule has 0 atom stereocenters. The molecule has 0 saturated carbocycles. The number of hydrogen-bond donors (Lipinski definition) is 1. The van der Waals surface area contributed by atoms with Crippen molar-refractivity contribution in [2.45, 2.75) is 25.7 Å². The highest BCUT2D eigenvalue weighted by atomic mass is 35.5. The number of benzene rings is 2. The Hall–Kier alpha value is -2.35. The van der Waals surface area contributed by atoms with Gasteiger partial charge in [-0.2, -0.15) is 0 Å². The van der Waals surface area contributed by atoms with Gasteiger partial charge < -0.3 is 9.68 Å². The molecular weight excluding hydrogens is 390 g/mol. The van der Waals surface area contributed by atoms with Gasteiger partial charge in [0.1, 0.15) is 18.7 Å². The summed E-state index contributed by atoms with van der Waals surface area (Å²) < 4.78 is 26.1. The van der Waals surface area contributed by atoms with Gasteiger partial charge in [-0.15, -0.1) is 12.4 Å². The van der Waals surface area contributed by atoms with E-state index in [9.17, 15) is 13.6 Å². The molecule has 2 N–H and O–H groups in total. The van der Waals surface area contributed by atoms with Crippen molar-refractivity contribution in [2.75, 3.05) is 14.2 Å². The summed E-state index contributed by atoms with van der Waals surface area (Å²) in [6.07, 6.45) is 2.53. The molecule has 4 rings (SSSR count). The van der Waals surface area contributed by atoms with E-state index in [2.05, 4.69) is 20.7 Å². The van der Waals surface area contributed by atoms with Crippen LogP contribution in [0.25, 0.3) is 0 Å². The van der Waals surface area contributed by atoms with Gasteiger partial charge >= 0.3 is 0 Å². The lowest BCUT2D eigenvalue weighted by Crippen LogP contribution is -1.95. The molecule has 0 aromatic heterocycles. The second-order valence-electron chi connectivity index (χ2n) is 5.91. The fraction of sp³-hybridized carbons (Fsp3) is 0.300. The van der Waals surface area contributed by atoms with E-state index in [0.717, 1.165) is 29.7 Å². The van der Waals surface area contributed by atoms with Crippen LogP contribution >= 0.6 is 12.4 Å². The lowest BCUT2D eigenvalue weighted by Gasteiger charge is -1.99. The Balaban J connectivity index is 0.000000241. The maximum Gasteiger partial charge on any atom is 0.163 e. The molecule has 8 heteroatoms. The molecule has 2 aliphatic rings. The summed E-state index contributed by atoms with van der Waals surface area (Å²) in [4.78, 5) is 19.5. The van der Waals surface area contributed by atoms with Crippen molar-refractivity contribution in [3.63, 3.8) is 0 Å². The Labute approximate surface area is 168 Å². The molecule has 0 fully saturated rings. The van der Waals surface area contributed by atoms with Crippen molar-refractivity contribution in [2.24, 2.45) is 11.1 Å². The zero-order valence-corrected chi connectivity index (χ0v) is 16.5. The minimum atomic E-state index is -0.242. The van der Waals surface area contributed by atoms with E-state index in [1.54, 1.807) is 18.2 Å². The van der Waals surface area contributed by atoms with Crippen molar-refractivity contribution < 1.29 is 23.3 Å². The van der Waals surface area contributed by atoms with Gasteiger partial charge in [0.25, 0.3) is 0 Å². The quantitative estimate of drug-likeness (QED) is 0.718. The van der Waals surface area contributed by atoms with Crippen LogP contribution in [0.1, 0.15) is 39.9 Å². The Morgan fingerprint density at radius 2 is 1.39 bits per heavy atom. The molecule has 0 aliphatic heterocycles. The Kier molecular flexibility index (Phi) is 9.72. The molecule has 0 unspecified atom stereocenters. The number of fused-ring (bicyclic) bond motifs is 2. The highest BCUT2D eigenvalue weighted by Crippen LogP contribution is 2.25. The van der Waals surface area contributed by atoms with Crippen LogP contribution < -0.4 is 5.90 Å². The molecule has 2 aliphatic carbocycles. The van der Waals surface area contributed by atoms with Gasteiger partial charge in [-0.25, -0.2) is 14.7 Å². The number of rotatable bonds is 1. The fourth-order valence-electron chi connectivity index (χ4n) is 3.11. The average Bonchev–Trinajstić information content (AvgIpc) is 3.23. The third-order valence-electron chi connectivity index (χ3n) is 4.26. The first-order valence-corrected chi connectivity index (χ1v) is 8.44. The normalized spacial score (nSPS) is 14.8. The van der Waals surface area contributed by atoms with E-state index in [4.69, 9.17) is 0 Å². The predicted octanol–water partition coefficient (Wildman–Crippen LogP) is 4.01. The van der Waals surface area contributed by atoms with Crippen LogP contribution in [0.15, 0.2) is 41.6 Å². The standard InChI is InChI=1S/C10H10FNO.C9H7FO.CH5NO.ClH/c1-13-12-10-6-5-7-8(10)3-2-4-9(7)11;10-8-3-1-2-7-6(8)4-5-9(7)11;1-3-2;/h2-4H,5-6H2,1H3;1-3H,4-5H2;2H2,1H3;1H/b12-10+;;;. The monoisotopic (exact) mass is 412 g/mol. The minimum Gasteiger partial charge on any atom is -0.399 e. The smallest absolute Gasteiger partial charge is 0.163 e. The van der Waals surface area contributed by atoms with E-state index < -0.39 is 0 Å². The fourth-order valence-corrected chi connectivity index (χ4v) is 3.11. The molecule has 0 heterocycles. The van der Waals surface area contributed by atoms with E-state index >= 15 is 0 Å². The van der Waals surface area contributed by atoms with Crippen LogP contribution in [0.5, 0.6) is 0 Å². The third-order valence-corrected chi connectivity index (χ3v) is 4.26. The second-order valence-corrected chi connectivity index (χ2v) is 5.91. The molecule has 2 aromatic rings. The van der Waals surface area contributed by atoms with Crippen molar-refractivity contribution in [3.8, 4) is 0 Å². The van der Waals surface area contributed by atoms with Crippen LogP contribution in [0.4, 0.5) is 8.78 Å². The van der Waals surface area contributed by atoms with Gasteiger partial charge in [0.2, 0.25) is 0 Å². The SMILES string of the molecule is CO/N=C1\CCc2c(F)cccc21.CON.Cl.O=C1CCc2c(F)cccc21. The molecule has 0 spiro atoms. The molecule has 0 amide bonds.